The Kier molecular flexibility index (Phi) is 4.16. The number of hydrogen-bond acceptors (Lipinski definition) is 3. The number of hydrogen-bond donors (Lipinski definition) is 0. The maximum Gasteiger partial charge on any atom is 0.159 e. The number of rotatable bonds is 4. The molecule has 1 aliphatic rings. The summed E-state index contributed by atoms with van der Waals surface area (Å²) in [6, 6.07) is 0. The summed E-state index contributed by atoms with van der Waals surface area (Å²) in [5.74, 6) is 0.282. The van der Waals surface area contributed by atoms with Crippen molar-refractivity contribution in [3.63, 3.8) is 0 Å². The first kappa shape index (κ1) is 13.7. The van der Waals surface area contributed by atoms with E-state index in [2.05, 4.69) is 0 Å². The van der Waals surface area contributed by atoms with E-state index < -0.39 is 14.6 Å². The van der Waals surface area contributed by atoms with Crippen LogP contribution in [0.5, 0.6) is 0 Å². The van der Waals surface area contributed by atoms with Crippen molar-refractivity contribution in [2.75, 3.05) is 6.26 Å². The van der Waals surface area contributed by atoms with Crippen LogP contribution in [-0.4, -0.2) is 25.2 Å². The van der Waals surface area contributed by atoms with Crippen LogP contribution in [0, 0.1) is 5.92 Å². The van der Waals surface area contributed by atoms with E-state index in [1.165, 1.54) is 33.1 Å². The highest BCUT2D eigenvalue weighted by molar-refractivity contribution is 7.92. The summed E-state index contributed by atoms with van der Waals surface area (Å²) in [7, 11) is -3.30. The molecule has 1 aliphatic carbocycles. The zero-order valence-electron chi connectivity index (χ0n) is 10.5. The first-order valence-electron chi connectivity index (χ1n) is 5.98. The number of Topliss-reactive ketones (excluding diaryl/α,β-unsaturated/α-hetero) is 1. The zero-order chi connectivity index (χ0) is 12.4. The van der Waals surface area contributed by atoms with Crippen LogP contribution in [0.2, 0.25) is 0 Å². The average Bonchev–Trinajstić information content (AvgIpc) is 2.17. The first-order valence-corrected chi connectivity index (χ1v) is 7.87. The molecule has 1 rings (SSSR count). The van der Waals surface area contributed by atoms with Crippen LogP contribution < -0.4 is 0 Å². The van der Waals surface area contributed by atoms with Gasteiger partial charge in [0.05, 0.1) is 0 Å². The predicted molar refractivity (Wildman–Crippen MR) is 65.1 cm³/mol. The molecule has 94 valence electrons. The van der Waals surface area contributed by atoms with Gasteiger partial charge in [0.2, 0.25) is 0 Å². The minimum Gasteiger partial charge on any atom is -0.298 e. The van der Waals surface area contributed by atoms with Gasteiger partial charge < -0.3 is 0 Å². The lowest BCUT2D eigenvalue weighted by atomic mass is 9.84. The number of carbonyl (C=O) groups is 1. The van der Waals surface area contributed by atoms with Crippen LogP contribution in [0.15, 0.2) is 0 Å². The van der Waals surface area contributed by atoms with Gasteiger partial charge in [0.25, 0.3) is 0 Å². The number of sulfone groups is 1. The van der Waals surface area contributed by atoms with Gasteiger partial charge in [-0.15, -0.1) is 0 Å². The van der Waals surface area contributed by atoms with E-state index in [1.807, 2.05) is 0 Å². The lowest BCUT2D eigenvalue weighted by molar-refractivity contribution is -0.121. The molecule has 0 heterocycles. The third kappa shape index (κ3) is 3.06. The molecule has 16 heavy (non-hydrogen) atoms. The van der Waals surface area contributed by atoms with E-state index in [1.54, 1.807) is 0 Å². The van der Waals surface area contributed by atoms with Gasteiger partial charge in [0.15, 0.2) is 15.6 Å². The summed E-state index contributed by atoms with van der Waals surface area (Å²) in [5.41, 5.74) is 0. The molecule has 0 amide bonds. The molecule has 0 aromatic carbocycles. The molecule has 0 aromatic rings. The molecule has 1 fully saturated rings. The minimum atomic E-state index is -3.30. The van der Waals surface area contributed by atoms with Gasteiger partial charge >= 0.3 is 0 Å². The van der Waals surface area contributed by atoms with Gasteiger partial charge in [-0.25, -0.2) is 8.42 Å². The van der Waals surface area contributed by atoms with Crippen molar-refractivity contribution in [2.24, 2.45) is 5.92 Å². The summed E-state index contributed by atoms with van der Waals surface area (Å²) >= 11 is 0. The standard InChI is InChI=1S/C12H22O3S/c1-12(2,16(3,14)15)11(13)9-10-7-5-4-6-8-10/h10H,4-9H2,1-3H3. The second kappa shape index (κ2) is 4.86. The smallest absolute Gasteiger partial charge is 0.159 e. The number of ketones is 1. The Balaban J connectivity index is 2.64. The lowest BCUT2D eigenvalue weighted by Gasteiger charge is -2.26. The third-order valence-electron chi connectivity index (χ3n) is 3.80. The van der Waals surface area contributed by atoms with E-state index >= 15 is 0 Å². The third-order valence-corrected chi connectivity index (χ3v) is 5.88. The fourth-order valence-corrected chi connectivity index (χ4v) is 2.60. The average molecular weight is 246 g/mol. The van der Waals surface area contributed by atoms with Crippen LogP contribution in [0.3, 0.4) is 0 Å². The molecule has 1 saturated carbocycles. The summed E-state index contributed by atoms with van der Waals surface area (Å²) in [4.78, 5) is 12.0. The molecule has 0 aliphatic heterocycles. The Labute approximate surface area is 98.5 Å². The Bertz CT molecular complexity index is 348. The molecular weight excluding hydrogens is 224 g/mol. The van der Waals surface area contributed by atoms with Gasteiger partial charge in [-0.3, -0.25) is 4.79 Å². The Hall–Kier alpha value is -0.380. The molecule has 0 atom stereocenters. The largest absolute Gasteiger partial charge is 0.298 e. The quantitative estimate of drug-likeness (QED) is 0.765. The van der Waals surface area contributed by atoms with Crippen molar-refractivity contribution in [3.05, 3.63) is 0 Å². The van der Waals surface area contributed by atoms with Crippen molar-refractivity contribution in [1.82, 2.24) is 0 Å². The second-order valence-corrected chi connectivity index (χ2v) is 7.98. The normalized spacial score (nSPS) is 19.7. The molecule has 0 radical (unpaired) electrons. The molecule has 0 N–H and O–H groups in total. The molecule has 0 unspecified atom stereocenters. The predicted octanol–water partition coefficient (Wildman–Crippen LogP) is 2.35. The number of carbonyl (C=O) groups excluding carboxylic acids is 1. The van der Waals surface area contributed by atoms with Crippen LogP contribution in [-0.2, 0) is 14.6 Å². The fraction of sp³-hybridized carbons (Fsp3) is 0.917. The van der Waals surface area contributed by atoms with E-state index in [9.17, 15) is 13.2 Å². The van der Waals surface area contributed by atoms with Gasteiger partial charge in [0, 0.05) is 12.7 Å². The fourth-order valence-electron chi connectivity index (χ4n) is 2.11. The van der Waals surface area contributed by atoms with Crippen molar-refractivity contribution < 1.29 is 13.2 Å². The first-order chi connectivity index (χ1) is 7.25. The maximum atomic E-state index is 12.0. The van der Waals surface area contributed by atoms with Crippen molar-refractivity contribution in [1.29, 1.82) is 0 Å². The zero-order valence-corrected chi connectivity index (χ0v) is 11.3. The summed E-state index contributed by atoms with van der Waals surface area (Å²) in [5, 5.41) is 0. The van der Waals surface area contributed by atoms with Gasteiger partial charge in [-0.05, 0) is 19.8 Å². The molecule has 0 saturated heterocycles. The highest BCUT2D eigenvalue weighted by Crippen LogP contribution is 2.29. The summed E-state index contributed by atoms with van der Waals surface area (Å²) in [6.07, 6.45) is 7.33. The molecule has 4 heteroatoms. The van der Waals surface area contributed by atoms with E-state index in [4.69, 9.17) is 0 Å². The highest BCUT2D eigenvalue weighted by atomic mass is 32.2. The van der Waals surface area contributed by atoms with Crippen molar-refractivity contribution in [2.45, 2.75) is 57.1 Å². The van der Waals surface area contributed by atoms with Crippen LogP contribution in [0.25, 0.3) is 0 Å². The lowest BCUT2D eigenvalue weighted by Crippen LogP contribution is -2.40. The maximum absolute atomic E-state index is 12.0. The van der Waals surface area contributed by atoms with Gasteiger partial charge in [0.1, 0.15) is 4.75 Å². The minimum absolute atomic E-state index is 0.123. The van der Waals surface area contributed by atoms with Crippen LogP contribution >= 0.6 is 0 Å². The van der Waals surface area contributed by atoms with Crippen LogP contribution in [0.1, 0.15) is 52.4 Å². The molecule has 3 nitrogen and oxygen atoms in total. The molecule has 0 bridgehead atoms. The van der Waals surface area contributed by atoms with Gasteiger partial charge in [-0.2, -0.15) is 0 Å². The monoisotopic (exact) mass is 246 g/mol. The van der Waals surface area contributed by atoms with Crippen molar-refractivity contribution in [3.8, 4) is 0 Å². The van der Waals surface area contributed by atoms with Gasteiger partial charge in [-0.1, -0.05) is 32.1 Å². The summed E-state index contributed by atoms with van der Waals surface area (Å²) in [6.45, 7) is 3.04. The topological polar surface area (TPSA) is 51.2 Å². The molecular formula is C12H22O3S. The summed E-state index contributed by atoms with van der Waals surface area (Å²) < 4.78 is 21.8. The SMILES string of the molecule is CC(C)(C(=O)CC1CCCCC1)S(C)(=O)=O. The molecule has 0 aromatic heterocycles. The Morgan fingerprint density at radius 1 is 1.19 bits per heavy atom. The highest BCUT2D eigenvalue weighted by Gasteiger charge is 2.38. The van der Waals surface area contributed by atoms with E-state index in [0.29, 0.717) is 12.3 Å². The Morgan fingerprint density at radius 3 is 2.12 bits per heavy atom. The Morgan fingerprint density at radius 2 is 1.69 bits per heavy atom. The van der Waals surface area contributed by atoms with Crippen molar-refractivity contribution >= 4 is 15.6 Å². The van der Waals surface area contributed by atoms with Crippen LogP contribution in [0.4, 0.5) is 0 Å². The molecule has 0 spiro atoms. The van der Waals surface area contributed by atoms with E-state index in [0.717, 1.165) is 19.1 Å². The van der Waals surface area contributed by atoms with E-state index in [-0.39, 0.29) is 5.78 Å². The second-order valence-electron chi connectivity index (χ2n) is 5.41.